The van der Waals surface area contributed by atoms with Gasteiger partial charge < -0.3 is 5.32 Å². The van der Waals surface area contributed by atoms with Crippen molar-refractivity contribution in [2.24, 2.45) is 5.92 Å². The average Bonchev–Trinajstić information content (AvgIpc) is 3.34. The van der Waals surface area contributed by atoms with Crippen LogP contribution in [0.15, 0.2) is 59.5 Å². The maximum absolute atomic E-state index is 13.0. The van der Waals surface area contributed by atoms with Crippen LogP contribution in [0.25, 0.3) is 0 Å². The molecule has 0 saturated heterocycles. The van der Waals surface area contributed by atoms with Crippen molar-refractivity contribution in [3.8, 4) is 0 Å². The van der Waals surface area contributed by atoms with E-state index in [1.807, 2.05) is 30.0 Å². The molecule has 0 aliphatic heterocycles. The Balaban J connectivity index is 1.51. The molecule has 3 heteroatoms. The van der Waals surface area contributed by atoms with E-state index < -0.39 is 0 Å². The standard InChI is InChI=1S/C18H20FNS/c19-16-10-8-15(9-11-16)18(14-6-7-14)20-12-13-21-17-4-2-1-3-5-17/h1-5,8-11,14,18,20H,6-7,12-13H2. The predicted molar refractivity (Wildman–Crippen MR) is 87.0 cm³/mol. The summed E-state index contributed by atoms with van der Waals surface area (Å²) in [6, 6.07) is 17.8. The Labute approximate surface area is 130 Å². The fraction of sp³-hybridized carbons (Fsp3) is 0.333. The van der Waals surface area contributed by atoms with Crippen LogP contribution in [-0.2, 0) is 0 Å². The van der Waals surface area contributed by atoms with Gasteiger partial charge in [0.05, 0.1) is 0 Å². The molecule has 0 aromatic heterocycles. The highest BCUT2D eigenvalue weighted by Crippen LogP contribution is 2.41. The molecular weight excluding hydrogens is 281 g/mol. The van der Waals surface area contributed by atoms with Crippen LogP contribution in [0.2, 0.25) is 0 Å². The molecule has 0 spiro atoms. The Morgan fingerprint density at radius 1 is 1.05 bits per heavy atom. The highest BCUT2D eigenvalue weighted by atomic mass is 32.2. The maximum atomic E-state index is 13.0. The molecule has 1 nitrogen and oxygen atoms in total. The summed E-state index contributed by atoms with van der Waals surface area (Å²) >= 11 is 1.87. The molecule has 1 atom stereocenters. The van der Waals surface area contributed by atoms with Crippen LogP contribution in [0.3, 0.4) is 0 Å². The third-order valence-electron chi connectivity index (χ3n) is 3.80. The minimum Gasteiger partial charge on any atom is -0.309 e. The molecule has 21 heavy (non-hydrogen) atoms. The first-order valence-corrected chi connectivity index (χ1v) is 8.48. The van der Waals surface area contributed by atoms with Crippen LogP contribution in [0.1, 0.15) is 24.4 Å². The molecule has 1 fully saturated rings. The largest absolute Gasteiger partial charge is 0.309 e. The lowest BCUT2D eigenvalue weighted by Gasteiger charge is -2.18. The Morgan fingerprint density at radius 3 is 2.43 bits per heavy atom. The Kier molecular flexibility index (Phi) is 4.94. The number of hydrogen-bond donors (Lipinski definition) is 1. The number of rotatable bonds is 7. The van der Waals surface area contributed by atoms with Gasteiger partial charge in [0.25, 0.3) is 0 Å². The fourth-order valence-corrected chi connectivity index (χ4v) is 3.36. The molecule has 0 heterocycles. The number of nitrogens with one attached hydrogen (secondary N) is 1. The topological polar surface area (TPSA) is 12.0 Å². The zero-order valence-corrected chi connectivity index (χ0v) is 12.8. The predicted octanol–water partition coefficient (Wildman–Crippen LogP) is 4.66. The van der Waals surface area contributed by atoms with Crippen molar-refractivity contribution in [1.82, 2.24) is 5.32 Å². The van der Waals surface area contributed by atoms with Gasteiger partial charge in [-0.15, -0.1) is 11.8 Å². The minimum atomic E-state index is -0.159. The fourth-order valence-electron chi connectivity index (χ4n) is 2.56. The molecule has 1 aliphatic carbocycles. The molecule has 1 saturated carbocycles. The van der Waals surface area contributed by atoms with E-state index in [2.05, 4.69) is 29.6 Å². The first-order chi connectivity index (χ1) is 10.3. The van der Waals surface area contributed by atoms with Crippen LogP contribution in [0.5, 0.6) is 0 Å². The summed E-state index contributed by atoms with van der Waals surface area (Å²) in [5.41, 5.74) is 1.21. The third kappa shape index (κ3) is 4.32. The van der Waals surface area contributed by atoms with Gasteiger partial charge >= 0.3 is 0 Å². The second kappa shape index (κ2) is 7.10. The van der Waals surface area contributed by atoms with E-state index in [9.17, 15) is 4.39 Å². The lowest BCUT2D eigenvalue weighted by Crippen LogP contribution is -2.25. The number of halogens is 1. The van der Waals surface area contributed by atoms with E-state index in [1.54, 1.807) is 12.1 Å². The summed E-state index contributed by atoms with van der Waals surface area (Å²) in [6.45, 7) is 0.970. The molecule has 3 rings (SSSR count). The van der Waals surface area contributed by atoms with Crippen LogP contribution in [0, 0.1) is 11.7 Å². The van der Waals surface area contributed by atoms with E-state index >= 15 is 0 Å². The summed E-state index contributed by atoms with van der Waals surface area (Å²) in [6.07, 6.45) is 2.56. The summed E-state index contributed by atoms with van der Waals surface area (Å²) in [7, 11) is 0. The molecule has 1 unspecified atom stereocenters. The number of hydrogen-bond acceptors (Lipinski definition) is 2. The van der Waals surface area contributed by atoms with Crippen LogP contribution < -0.4 is 5.32 Å². The monoisotopic (exact) mass is 301 g/mol. The van der Waals surface area contributed by atoms with Crippen LogP contribution in [0.4, 0.5) is 4.39 Å². The normalized spacial score (nSPS) is 15.9. The van der Waals surface area contributed by atoms with E-state index in [4.69, 9.17) is 0 Å². The van der Waals surface area contributed by atoms with E-state index in [0.29, 0.717) is 6.04 Å². The van der Waals surface area contributed by atoms with Gasteiger partial charge in [-0.3, -0.25) is 0 Å². The van der Waals surface area contributed by atoms with Gasteiger partial charge in [-0.25, -0.2) is 4.39 Å². The van der Waals surface area contributed by atoms with Crippen molar-refractivity contribution >= 4 is 11.8 Å². The van der Waals surface area contributed by atoms with Gasteiger partial charge in [-0.1, -0.05) is 30.3 Å². The average molecular weight is 301 g/mol. The van der Waals surface area contributed by atoms with Crippen molar-refractivity contribution in [3.63, 3.8) is 0 Å². The smallest absolute Gasteiger partial charge is 0.123 e. The summed E-state index contributed by atoms with van der Waals surface area (Å²) in [5, 5.41) is 3.64. The van der Waals surface area contributed by atoms with Crippen LogP contribution >= 0.6 is 11.8 Å². The SMILES string of the molecule is Fc1ccc(C(NCCSc2ccccc2)C2CC2)cc1. The van der Waals surface area contributed by atoms with Gasteiger partial charge in [-0.05, 0) is 48.6 Å². The van der Waals surface area contributed by atoms with Gasteiger partial charge in [0.2, 0.25) is 0 Å². The second-order valence-corrected chi connectivity index (χ2v) is 6.65. The Hall–Kier alpha value is -1.32. The highest BCUT2D eigenvalue weighted by Gasteiger charge is 2.31. The van der Waals surface area contributed by atoms with E-state index in [-0.39, 0.29) is 5.82 Å². The molecule has 1 aliphatic rings. The minimum absolute atomic E-state index is 0.159. The number of benzene rings is 2. The Morgan fingerprint density at radius 2 is 1.76 bits per heavy atom. The summed E-state index contributed by atoms with van der Waals surface area (Å²) in [5.74, 6) is 1.61. The molecule has 0 radical (unpaired) electrons. The lowest BCUT2D eigenvalue weighted by molar-refractivity contribution is 0.497. The number of thioether (sulfide) groups is 1. The zero-order valence-electron chi connectivity index (χ0n) is 12.0. The van der Waals surface area contributed by atoms with Gasteiger partial charge in [-0.2, -0.15) is 0 Å². The third-order valence-corrected chi connectivity index (χ3v) is 4.81. The van der Waals surface area contributed by atoms with E-state index in [1.165, 1.54) is 23.3 Å². The molecule has 1 N–H and O–H groups in total. The van der Waals surface area contributed by atoms with Crippen molar-refractivity contribution < 1.29 is 4.39 Å². The molecule has 2 aromatic carbocycles. The van der Waals surface area contributed by atoms with Gasteiger partial charge in [0.15, 0.2) is 0 Å². The van der Waals surface area contributed by atoms with Gasteiger partial charge in [0, 0.05) is 23.2 Å². The summed E-state index contributed by atoms with van der Waals surface area (Å²) in [4.78, 5) is 1.31. The van der Waals surface area contributed by atoms with Crippen molar-refractivity contribution in [2.75, 3.05) is 12.3 Å². The molecule has 0 bridgehead atoms. The van der Waals surface area contributed by atoms with Crippen LogP contribution in [-0.4, -0.2) is 12.3 Å². The summed E-state index contributed by atoms with van der Waals surface area (Å²) < 4.78 is 13.0. The highest BCUT2D eigenvalue weighted by molar-refractivity contribution is 7.99. The van der Waals surface area contributed by atoms with E-state index in [0.717, 1.165) is 18.2 Å². The quantitative estimate of drug-likeness (QED) is 0.590. The maximum Gasteiger partial charge on any atom is 0.123 e. The molecule has 0 amide bonds. The lowest BCUT2D eigenvalue weighted by atomic mass is 10.0. The molecular formula is C18H20FNS. The van der Waals surface area contributed by atoms with Crippen molar-refractivity contribution in [2.45, 2.75) is 23.8 Å². The van der Waals surface area contributed by atoms with Crippen molar-refractivity contribution in [3.05, 3.63) is 66.0 Å². The van der Waals surface area contributed by atoms with Gasteiger partial charge in [0.1, 0.15) is 5.82 Å². The first-order valence-electron chi connectivity index (χ1n) is 7.49. The van der Waals surface area contributed by atoms with Crippen molar-refractivity contribution in [1.29, 1.82) is 0 Å². The molecule has 2 aromatic rings. The Bertz CT molecular complexity index is 551. The molecule has 110 valence electrons. The first kappa shape index (κ1) is 14.6. The zero-order chi connectivity index (χ0) is 14.5. The second-order valence-electron chi connectivity index (χ2n) is 5.48.